The first kappa shape index (κ1) is 23.4. The SMILES string of the molecule is C[C@H]1CC[C@H](N(C(=O)Nc2ncc(SCCN3CCCCC3)s2)C2CCCCC2)CC1. The third-order valence-electron chi connectivity index (χ3n) is 7.38. The van der Waals surface area contributed by atoms with Crippen molar-refractivity contribution >= 4 is 34.3 Å². The van der Waals surface area contributed by atoms with Crippen molar-refractivity contribution in [3.8, 4) is 0 Å². The highest BCUT2D eigenvalue weighted by Crippen LogP contribution is 2.34. The molecule has 31 heavy (non-hydrogen) atoms. The molecule has 2 aliphatic carbocycles. The summed E-state index contributed by atoms with van der Waals surface area (Å²) >= 11 is 3.51. The molecular weight excluding hydrogens is 424 g/mol. The number of aromatic nitrogens is 1. The van der Waals surface area contributed by atoms with Gasteiger partial charge in [0, 0.05) is 24.4 Å². The van der Waals surface area contributed by atoms with E-state index in [0.717, 1.165) is 49.0 Å². The van der Waals surface area contributed by atoms with Gasteiger partial charge in [0.05, 0.1) is 10.4 Å². The number of amides is 2. The Labute approximate surface area is 196 Å². The smallest absolute Gasteiger partial charge is 0.319 e. The summed E-state index contributed by atoms with van der Waals surface area (Å²) in [5.74, 6) is 1.90. The van der Waals surface area contributed by atoms with Gasteiger partial charge in [-0.1, -0.05) is 43.9 Å². The predicted molar refractivity (Wildman–Crippen MR) is 132 cm³/mol. The second kappa shape index (κ2) is 11.9. The summed E-state index contributed by atoms with van der Waals surface area (Å²) in [6.07, 6.45) is 17.0. The zero-order valence-electron chi connectivity index (χ0n) is 19.2. The molecule has 5 nitrogen and oxygen atoms in total. The third kappa shape index (κ3) is 6.84. The van der Waals surface area contributed by atoms with Crippen LogP contribution in [0.5, 0.6) is 0 Å². The molecule has 2 heterocycles. The molecule has 0 unspecified atom stereocenters. The maximum atomic E-state index is 13.4. The van der Waals surface area contributed by atoms with Gasteiger partial charge < -0.3 is 9.80 Å². The fraction of sp³-hybridized carbons (Fsp3) is 0.833. The molecule has 2 saturated carbocycles. The number of rotatable bonds is 7. The van der Waals surface area contributed by atoms with Gasteiger partial charge >= 0.3 is 6.03 Å². The molecule has 1 aliphatic heterocycles. The number of anilines is 1. The van der Waals surface area contributed by atoms with E-state index in [1.165, 1.54) is 68.7 Å². The molecule has 0 bridgehead atoms. The summed E-state index contributed by atoms with van der Waals surface area (Å²) in [6.45, 7) is 6.00. The Morgan fingerprint density at radius 3 is 2.48 bits per heavy atom. The van der Waals surface area contributed by atoms with Crippen molar-refractivity contribution in [1.29, 1.82) is 0 Å². The van der Waals surface area contributed by atoms with Gasteiger partial charge in [0.2, 0.25) is 0 Å². The summed E-state index contributed by atoms with van der Waals surface area (Å²) in [5.41, 5.74) is 0. The van der Waals surface area contributed by atoms with Gasteiger partial charge in [-0.05, 0) is 70.4 Å². The molecule has 0 atom stereocenters. The van der Waals surface area contributed by atoms with E-state index < -0.39 is 0 Å². The standard InChI is InChI=1S/C24H40N4OS2/c1-19-10-12-21(13-11-19)28(20-8-4-2-5-9-20)24(29)26-23-25-18-22(31-23)30-17-16-27-14-6-3-7-15-27/h18-21H,2-17H2,1H3,(H,25,26,29)/t19-,21-. The number of nitrogens with one attached hydrogen (secondary N) is 1. The number of carbonyl (C=O) groups is 1. The van der Waals surface area contributed by atoms with Gasteiger partial charge in [0.25, 0.3) is 0 Å². The Balaban J connectivity index is 1.31. The highest BCUT2D eigenvalue weighted by atomic mass is 32.2. The average molecular weight is 465 g/mol. The zero-order valence-corrected chi connectivity index (χ0v) is 20.8. The number of likely N-dealkylation sites (tertiary alicyclic amines) is 1. The average Bonchev–Trinajstić information content (AvgIpc) is 3.24. The van der Waals surface area contributed by atoms with E-state index in [2.05, 4.69) is 27.0 Å². The van der Waals surface area contributed by atoms with Crippen LogP contribution < -0.4 is 5.32 Å². The summed E-state index contributed by atoms with van der Waals surface area (Å²) in [7, 11) is 0. The molecule has 1 saturated heterocycles. The molecule has 0 radical (unpaired) electrons. The van der Waals surface area contributed by atoms with Gasteiger partial charge in [-0.3, -0.25) is 5.32 Å². The lowest BCUT2D eigenvalue weighted by atomic mass is 9.84. The highest BCUT2D eigenvalue weighted by molar-refractivity contribution is 8.01. The minimum Gasteiger partial charge on any atom is -0.319 e. The van der Waals surface area contributed by atoms with E-state index in [0.29, 0.717) is 12.1 Å². The van der Waals surface area contributed by atoms with Crippen molar-refractivity contribution in [2.75, 3.05) is 30.7 Å². The number of hydrogen-bond donors (Lipinski definition) is 1. The monoisotopic (exact) mass is 464 g/mol. The molecule has 1 aromatic heterocycles. The van der Waals surface area contributed by atoms with Gasteiger partial charge in [-0.25, -0.2) is 9.78 Å². The number of piperidine rings is 1. The van der Waals surface area contributed by atoms with Gasteiger partial charge in [-0.15, -0.1) is 11.8 Å². The normalized spacial score (nSPS) is 26.0. The van der Waals surface area contributed by atoms with Crippen LogP contribution in [0.4, 0.5) is 9.93 Å². The molecular formula is C24H40N4OS2. The summed E-state index contributed by atoms with van der Waals surface area (Å²) in [4.78, 5) is 22.7. The Morgan fingerprint density at radius 1 is 1.06 bits per heavy atom. The Kier molecular flexibility index (Phi) is 8.97. The number of thioether (sulfide) groups is 1. The lowest BCUT2D eigenvalue weighted by molar-refractivity contribution is 0.105. The number of nitrogens with zero attached hydrogens (tertiary/aromatic N) is 3. The lowest BCUT2D eigenvalue weighted by Gasteiger charge is -2.42. The van der Waals surface area contributed by atoms with Crippen LogP contribution in [0.2, 0.25) is 0 Å². The number of carbonyl (C=O) groups excluding carboxylic acids is 1. The highest BCUT2D eigenvalue weighted by Gasteiger charge is 2.34. The number of thiazole rings is 1. The number of urea groups is 1. The van der Waals surface area contributed by atoms with Crippen LogP contribution in [0, 0.1) is 5.92 Å². The van der Waals surface area contributed by atoms with Crippen molar-refractivity contribution in [1.82, 2.24) is 14.8 Å². The molecule has 2 amide bonds. The third-order valence-corrected chi connectivity index (χ3v) is 9.47. The molecule has 3 aliphatic rings. The first-order valence-electron chi connectivity index (χ1n) is 12.6. The zero-order chi connectivity index (χ0) is 21.5. The fourth-order valence-corrected chi connectivity index (χ4v) is 7.45. The van der Waals surface area contributed by atoms with E-state index in [-0.39, 0.29) is 6.03 Å². The minimum absolute atomic E-state index is 0.0886. The molecule has 0 spiro atoms. The minimum atomic E-state index is 0.0886. The van der Waals surface area contributed by atoms with Gasteiger partial charge in [0.1, 0.15) is 0 Å². The van der Waals surface area contributed by atoms with Crippen LogP contribution in [0.25, 0.3) is 0 Å². The van der Waals surface area contributed by atoms with Crippen LogP contribution in [0.3, 0.4) is 0 Å². The molecule has 1 N–H and O–H groups in total. The van der Waals surface area contributed by atoms with E-state index in [4.69, 9.17) is 0 Å². The quantitative estimate of drug-likeness (QED) is 0.470. The summed E-state index contributed by atoms with van der Waals surface area (Å²) in [5, 5.41) is 3.94. The van der Waals surface area contributed by atoms with Crippen molar-refractivity contribution in [3.05, 3.63) is 6.20 Å². The Morgan fingerprint density at radius 2 is 1.74 bits per heavy atom. The van der Waals surface area contributed by atoms with E-state index in [1.807, 2.05) is 18.0 Å². The van der Waals surface area contributed by atoms with Gasteiger partial charge in [0.15, 0.2) is 5.13 Å². The Bertz CT molecular complexity index is 677. The molecule has 174 valence electrons. The van der Waals surface area contributed by atoms with Crippen molar-refractivity contribution < 1.29 is 4.79 Å². The fourth-order valence-electron chi connectivity index (χ4n) is 5.51. The van der Waals surface area contributed by atoms with E-state index in [9.17, 15) is 4.79 Å². The van der Waals surface area contributed by atoms with E-state index >= 15 is 0 Å². The van der Waals surface area contributed by atoms with Crippen LogP contribution in [-0.4, -0.2) is 58.3 Å². The largest absolute Gasteiger partial charge is 0.324 e. The maximum Gasteiger partial charge on any atom is 0.324 e. The van der Waals surface area contributed by atoms with E-state index in [1.54, 1.807) is 11.3 Å². The first-order chi connectivity index (χ1) is 15.2. The lowest BCUT2D eigenvalue weighted by Crippen LogP contribution is -2.51. The number of hydrogen-bond acceptors (Lipinski definition) is 5. The molecule has 7 heteroatoms. The Hall–Kier alpha value is -0.790. The second-order valence-electron chi connectivity index (χ2n) is 9.78. The molecule has 0 aromatic carbocycles. The van der Waals surface area contributed by atoms with Crippen LogP contribution >= 0.6 is 23.1 Å². The van der Waals surface area contributed by atoms with Crippen LogP contribution in [0.1, 0.15) is 84.0 Å². The molecule has 3 fully saturated rings. The topological polar surface area (TPSA) is 48.5 Å². The summed E-state index contributed by atoms with van der Waals surface area (Å²) in [6, 6.07) is 0.897. The first-order valence-corrected chi connectivity index (χ1v) is 14.4. The van der Waals surface area contributed by atoms with Gasteiger partial charge in [-0.2, -0.15) is 0 Å². The van der Waals surface area contributed by atoms with Crippen molar-refractivity contribution in [2.45, 2.75) is 100 Å². The second-order valence-corrected chi connectivity index (χ2v) is 12.2. The molecule has 1 aromatic rings. The molecule has 4 rings (SSSR count). The van der Waals surface area contributed by atoms with Crippen molar-refractivity contribution in [3.63, 3.8) is 0 Å². The van der Waals surface area contributed by atoms with Crippen molar-refractivity contribution in [2.24, 2.45) is 5.92 Å². The van der Waals surface area contributed by atoms with Crippen LogP contribution in [0.15, 0.2) is 10.4 Å². The summed E-state index contributed by atoms with van der Waals surface area (Å²) < 4.78 is 1.21. The van der Waals surface area contributed by atoms with Crippen LogP contribution in [-0.2, 0) is 0 Å². The predicted octanol–water partition coefficient (Wildman–Crippen LogP) is 6.47. The maximum absolute atomic E-state index is 13.4.